The summed E-state index contributed by atoms with van der Waals surface area (Å²) in [6.45, 7) is 0.944. The fourth-order valence-electron chi connectivity index (χ4n) is 3.14. The molecule has 1 aliphatic carbocycles. The Morgan fingerprint density at radius 1 is 1.19 bits per heavy atom. The number of hydrogen-bond acceptors (Lipinski definition) is 9. The molecular formula is C17H26N4O4S2. The van der Waals surface area contributed by atoms with E-state index < -0.39 is 5.97 Å². The second-order valence-corrected chi connectivity index (χ2v) is 8.94. The Hall–Kier alpha value is -1.39. The Bertz CT molecular complexity index is 616. The lowest BCUT2D eigenvalue weighted by Gasteiger charge is -2.21. The Morgan fingerprint density at radius 2 is 2.04 bits per heavy atom. The van der Waals surface area contributed by atoms with E-state index in [4.69, 9.17) is 9.47 Å². The minimum atomic E-state index is -0.441. The van der Waals surface area contributed by atoms with E-state index in [2.05, 4.69) is 20.8 Å². The summed E-state index contributed by atoms with van der Waals surface area (Å²) < 4.78 is 11.1. The van der Waals surface area contributed by atoms with Gasteiger partial charge in [0.05, 0.1) is 11.9 Å². The molecule has 0 radical (unpaired) electrons. The van der Waals surface area contributed by atoms with E-state index >= 15 is 0 Å². The van der Waals surface area contributed by atoms with E-state index in [0.29, 0.717) is 16.9 Å². The van der Waals surface area contributed by atoms with Gasteiger partial charge in [-0.25, -0.2) is 0 Å². The van der Waals surface area contributed by atoms with E-state index in [1.54, 1.807) is 0 Å². The fourth-order valence-corrected chi connectivity index (χ4v) is 4.77. The van der Waals surface area contributed by atoms with Crippen molar-refractivity contribution in [2.24, 2.45) is 0 Å². The van der Waals surface area contributed by atoms with Gasteiger partial charge in [0.15, 0.2) is 10.9 Å². The van der Waals surface area contributed by atoms with Gasteiger partial charge >= 0.3 is 5.97 Å². The van der Waals surface area contributed by atoms with E-state index in [-0.39, 0.29) is 24.4 Å². The number of rotatable bonds is 9. The van der Waals surface area contributed by atoms with E-state index in [0.717, 1.165) is 24.6 Å². The van der Waals surface area contributed by atoms with Gasteiger partial charge in [-0.05, 0) is 25.7 Å². The topological polar surface area (TPSA) is 102 Å². The molecule has 0 bridgehead atoms. The third-order valence-electron chi connectivity index (χ3n) is 4.57. The predicted octanol–water partition coefficient (Wildman–Crippen LogP) is 2.21. The molecule has 1 aromatic rings. The monoisotopic (exact) mass is 414 g/mol. The zero-order valence-electron chi connectivity index (χ0n) is 15.3. The molecule has 150 valence electrons. The Balaban J connectivity index is 1.28. The molecule has 27 heavy (non-hydrogen) atoms. The molecule has 10 heteroatoms. The van der Waals surface area contributed by atoms with E-state index in [9.17, 15) is 9.59 Å². The van der Waals surface area contributed by atoms with Crippen LogP contribution in [0.1, 0.15) is 44.9 Å². The SMILES string of the molecule is O=C(COC(=O)CSc1nnc(NC2CCCCC2)s1)NC[C@@H]1CCCO1. The number of ether oxygens (including phenoxy) is 2. The van der Waals surface area contributed by atoms with Gasteiger partial charge in [-0.15, -0.1) is 10.2 Å². The maximum atomic E-state index is 11.8. The summed E-state index contributed by atoms with van der Waals surface area (Å²) in [6.07, 6.45) is 8.22. The first-order valence-electron chi connectivity index (χ1n) is 9.46. The largest absolute Gasteiger partial charge is 0.455 e. The Kier molecular flexibility index (Phi) is 8.15. The molecule has 1 saturated carbocycles. The molecule has 1 aliphatic heterocycles. The summed E-state index contributed by atoms with van der Waals surface area (Å²) in [6, 6.07) is 0.475. The molecule has 8 nitrogen and oxygen atoms in total. The second-order valence-electron chi connectivity index (χ2n) is 6.74. The number of esters is 1. The summed E-state index contributed by atoms with van der Waals surface area (Å²) in [4.78, 5) is 23.5. The number of thioether (sulfide) groups is 1. The van der Waals surface area contributed by atoms with Crippen LogP contribution in [-0.2, 0) is 19.1 Å². The molecule has 1 atom stereocenters. The normalized spacial score (nSPS) is 20.4. The highest BCUT2D eigenvalue weighted by molar-refractivity contribution is 8.01. The summed E-state index contributed by atoms with van der Waals surface area (Å²) in [5.41, 5.74) is 0. The minimum absolute atomic E-state index is 0.0778. The minimum Gasteiger partial charge on any atom is -0.455 e. The zero-order chi connectivity index (χ0) is 18.9. The first-order valence-corrected chi connectivity index (χ1v) is 11.3. The number of amides is 1. The molecule has 1 saturated heterocycles. The smallest absolute Gasteiger partial charge is 0.316 e. The maximum absolute atomic E-state index is 11.8. The number of carbonyl (C=O) groups is 2. The molecule has 0 aromatic carbocycles. The average Bonchev–Trinajstić information content (AvgIpc) is 3.36. The van der Waals surface area contributed by atoms with Crippen molar-refractivity contribution in [2.45, 2.75) is 61.4 Å². The summed E-state index contributed by atoms with van der Waals surface area (Å²) in [7, 11) is 0. The van der Waals surface area contributed by atoms with Crippen LogP contribution < -0.4 is 10.6 Å². The van der Waals surface area contributed by atoms with Crippen LogP contribution in [0.2, 0.25) is 0 Å². The third kappa shape index (κ3) is 7.27. The number of aromatic nitrogens is 2. The zero-order valence-corrected chi connectivity index (χ0v) is 16.9. The van der Waals surface area contributed by atoms with Gasteiger partial charge in [-0.1, -0.05) is 42.4 Å². The van der Waals surface area contributed by atoms with Crippen molar-refractivity contribution in [1.29, 1.82) is 0 Å². The van der Waals surface area contributed by atoms with Crippen molar-refractivity contribution >= 4 is 40.1 Å². The molecule has 1 amide bonds. The molecule has 2 N–H and O–H groups in total. The average molecular weight is 415 g/mol. The van der Waals surface area contributed by atoms with Crippen molar-refractivity contribution in [3.63, 3.8) is 0 Å². The highest BCUT2D eigenvalue weighted by atomic mass is 32.2. The van der Waals surface area contributed by atoms with Gasteiger partial charge in [-0.3, -0.25) is 9.59 Å². The predicted molar refractivity (Wildman–Crippen MR) is 104 cm³/mol. The standard InChI is InChI=1S/C17H26N4O4S2/c22-14(18-9-13-7-4-8-24-13)10-25-15(23)11-26-17-21-20-16(27-17)19-12-5-2-1-3-6-12/h12-13H,1-11H2,(H,18,22)(H,19,20)/t13-/m0/s1. The number of nitrogens with zero attached hydrogens (tertiary/aromatic N) is 2. The first kappa shape index (κ1) is 20.3. The number of hydrogen-bond donors (Lipinski definition) is 2. The van der Waals surface area contributed by atoms with Gasteiger partial charge in [0.25, 0.3) is 5.91 Å². The van der Waals surface area contributed by atoms with E-state index in [1.807, 2.05) is 0 Å². The van der Waals surface area contributed by atoms with Crippen LogP contribution in [0.15, 0.2) is 4.34 Å². The molecular weight excluding hydrogens is 388 g/mol. The second kappa shape index (κ2) is 10.8. The van der Waals surface area contributed by atoms with Gasteiger partial charge in [0.1, 0.15) is 0 Å². The molecule has 1 aromatic heterocycles. The highest BCUT2D eigenvalue weighted by Crippen LogP contribution is 2.28. The fraction of sp³-hybridized carbons (Fsp3) is 0.765. The van der Waals surface area contributed by atoms with Gasteiger partial charge in [-0.2, -0.15) is 0 Å². The molecule has 0 spiro atoms. The maximum Gasteiger partial charge on any atom is 0.316 e. The van der Waals surface area contributed by atoms with Crippen LogP contribution in [0.5, 0.6) is 0 Å². The van der Waals surface area contributed by atoms with Crippen LogP contribution in [0, 0.1) is 0 Å². The Labute approximate surface area is 167 Å². The van der Waals surface area contributed by atoms with Crippen LogP contribution >= 0.6 is 23.1 Å². The Morgan fingerprint density at radius 3 is 2.81 bits per heavy atom. The molecule has 0 unspecified atom stereocenters. The van der Waals surface area contributed by atoms with Crippen molar-refractivity contribution in [3.05, 3.63) is 0 Å². The van der Waals surface area contributed by atoms with Gasteiger partial charge in [0.2, 0.25) is 5.13 Å². The first-order chi connectivity index (χ1) is 13.2. The van der Waals surface area contributed by atoms with E-state index in [1.165, 1.54) is 55.2 Å². The molecule has 2 fully saturated rings. The van der Waals surface area contributed by atoms with Crippen molar-refractivity contribution < 1.29 is 19.1 Å². The van der Waals surface area contributed by atoms with Crippen molar-refractivity contribution in [3.8, 4) is 0 Å². The quantitative estimate of drug-likeness (QED) is 0.468. The van der Waals surface area contributed by atoms with Crippen LogP contribution in [0.25, 0.3) is 0 Å². The lowest BCUT2D eigenvalue weighted by Crippen LogP contribution is -2.35. The lowest BCUT2D eigenvalue weighted by molar-refractivity contribution is -0.146. The lowest BCUT2D eigenvalue weighted by atomic mass is 9.96. The summed E-state index contributed by atoms with van der Waals surface area (Å²) in [5.74, 6) is -0.639. The summed E-state index contributed by atoms with van der Waals surface area (Å²) >= 11 is 2.72. The number of carbonyl (C=O) groups excluding carboxylic acids is 2. The van der Waals surface area contributed by atoms with Gasteiger partial charge in [0, 0.05) is 19.2 Å². The van der Waals surface area contributed by atoms with Crippen LogP contribution in [-0.4, -0.2) is 59.7 Å². The van der Waals surface area contributed by atoms with Crippen LogP contribution in [0.3, 0.4) is 0 Å². The number of nitrogens with one attached hydrogen (secondary N) is 2. The molecule has 3 rings (SSSR count). The molecule has 2 aliphatic rings. The number of anilines is 1. The van der Waals surface area contributed by atoms with Crippen LogP contribution in [0.4, 0.5) is 5.13 Å². The molecule has 2 heterocycles. The van der Waals surface area contributed by atoms with Crippen molar-refractivity contribution in [2.75, 3.05) is 30.8 Å². The third-order valence-corrected chi connectivity index (χ3v) is 6.53. The van der Waals surface area contributed by atoms with Crippen molar-refractivity contribution in [1.82, 2.24) is 15.5 Å². The summed E-state index contributed by atoms with van der Waals surface area (Å²) in [5, 5.41) is 15.2. The highest BCUT2D eigenvalue weighted by Gasteiger charge is 2.18. The van der Waals surface area contributed by atoms with Gasteiger partial charge < -0.3 is 20.1 Å².